The fraction of sp³-hybridized carbons (Fsp3) is 0.381. The molecule has 0 N–H and O–H groups in total. The lowest BCUT2D eigenvalue weighted by Gasteiger charge is -2.35. The standard InChI is InChI=1S/C21H25NO3S/c1-16-7-10-18-5-3-4-6-20(18)22(16)21(23)15-26(24)14-13-17-8-11-19(25-2)12-9-17/h3-6,8-9,11-12,16H,7,10,13-15H2,1-2H3/t16-,26-/m0/s1. The van der Waals surface area contributed by atoms with Crippen molar-refractivity contribution >= 4 is 22.4 Å². The molecule has 3 rings (SSSR count). The highest BCUT2D eigenvalue weighted by Gasteiger charge is 2.28. The van der Waals surface area contributed by atoms with Crippen LogP contribution in [0.25, 0.3) is 0 Å². The summed E-state index contributed by atoms with van der Waals surface area (Å²) in [6.45, 7) is 2.06. The van der Waals surface area contributed by atoms with Gasteiger partial charge >= 0.3 is 0 Å². The molecule has 2 atom stereocenters. The molecule has 0 saturated carbocycles. The summed E-state index contributed by atoms with van der Waals surface area (Å²) in [5, 5.41) is 0. The molecule has 1 aliphatic heterocycles. The number of nitrogens with zero attached hydrogens (tertiary/aromatic N) is 1. The SMILES string of the molecule is COc1ccc(CC[S@](=O)CC(=O)N2c3ccccc3CC[C@@H]2C)cc1. The molecular formula is C21H25NO3S. The Kier molecular flexibility index (Phi) is 6.09. The number of para-hydroxylation sites is 1. The minimum Gasteiger partial charge on any atom is -0.497 e. The molecule has 0 radical (unpaired) electrons. The molecule has 1 aliphatic rings. The molecule has 0 aliphatic carbocycles. The van der Waals surface area contributed by atoms with E-state index in [1.54, 1.807) is 7.11 Å². The summed E-state index contributed by atoms with van der Waals surface area (Å²) in [7, 11) is 0.461. The third kappa shape index (κ3) is 4.33. The Balaban J connectivity index is 1.59. The Hall–Kier alpha value is -2.14. The van der Waals surface area contributed by atoms with Crippen molar-refractivity contribution in [3.8, 4) is 5.75 Å². The van der Waals surface area contributed by atoms with Gasteiger partial charge in [0.05, 0.1) is 7.11 Å². The monoisotopic (exact) mass is 371 g/mol. The molecule has 26 heavy (non-hydrogen) atoms. The van der Waals surface area contributed by atoms with Gasteiger partial charge in [0.1, 0.15) is 11.5 Å². The second-order valence-corrected chi connectivity index (χ2v) is 8.24. The molecular weight excluding hydrogens is 346 g/mol. The lowest BCUT2D eigenvalue weighted by atomic mass is 9.97. The number of hydrogen-bond donors (Lipinski definition) is 0. The van der Waals surface area contributed by atoms with Crippen molar-refractivity contribution in [2.24, 2.45) is 0 Å². The Labute approximate surface area is 157 Å². The number of carbonyl (C=O) groups is 1. The van der Waals surface area contributed by atoms with Gasteiger partial charge in [-0.2, -0.15) is 0 Å². The van der Waals surface area contributed by atoms with E-state index >= 15 is 0 Å². The van der Waals surface area contributed by atoms with Gasteiger partial charge in [-0.25, -0.2) is 0 Å². The third-order valence-corrected chi connectivity index (χ3v) is 6.08. The summed E-state index contributed by atoms with van der Waals surface area (Å²) in [6, 6.07) is 15.9. The fourth-order valence-corrected chi connectivity index (χ4v) is 4.39. The van der Waals surface area contributed by atoms with Crippen molar-refractivity contribution in [1.82, 2.24) is 0 Å². The van der Waals surface area contributed by atoms with E-state index < -0.39 is 10.8 Å². The summed E-state index contributed by atoms with van der Waals surface area (Å²) in [6.07, 6.45) is 2.62. The van der Waals surface area contributed by atoms with E-state index in [0.29, 0.717) is 12.2 Å². The first-order valence-electron chi connectivity index (χ1n) is 8.96. The highest BCUT2D eigenvalue weighted by Crippen LogP contribution is 2.30. The molecule has 0 saturated heterocycles. The number of carbonyl (C=O) groups excluding carboxylic acids is 1. The summed E-state index contributed by atoms with van der Waals surface area (Å²) in [5.74, 6) is 1.33. The maximum Gasteiger partial charge on any atom is 0.239 e. The summed E-state index contributed by atoms with van der Waals surface area (Å²) >= 11 is 0. The van der Waals surface area contributed by atoms with E-state index in [2.05, 4.69) is 13.0 Å². The van der Waals surface area contributed by atoms with Gasteiger partial charge in [0.2, 0.25) is 5.91 Å². The predicted molar refractivity (Wildman–Crippen MR) is 106 cm³/mol. The molecule has 0 spiro atoms. The largest absolute Gasteiger partial charge is 0.497 e. The minimum absolute atomic E-state index is 0.0438. The Bertz CT molecular complexity index is 788. The van der Waals surface area contributed by atoms with Gasteiger partial charge < -0.3 is 9.64 Å². The van der Waals surface area contributed by atoms with Crippen LogP contribution in [0.2, 0.25) is 0 Å². The minimum atomic E-state index is -1.17. The second-order valence-electron chi connectivity index (χ2n) is 6.67. The molecule has 2 aromatic rings. The Morgan fingerprint density at radius 1 is 1.19 bits per heavy atom. The summed E-state index contributed by atoms with van der Waals surface area (Å²) in [5.41, 5.74) is 3.27. The number of methoxy groups -OCH3 is 1. The molecule has 2 aromatic carbocycles. The number of fused-ring (bicyclic) bond motifs is 1. The number of ether oxygens (including phenoxy) is 1. The average Bonchev–Trinajstić information content (AvgIpc) is 2.66. The van der Waals surface area contributed by atoms with Crippen molar-refractivity contribution in [3.05, 3.63) is 59.7 Å². The van der Waals surface area contributed by atoms with E-state index in [-0.39, 0.29) is 17.7 Å². The number of aryl methyl sites for hydroxylation is 2. The predicted octanol–water partition coefficient (Wildman–Crippen LogP) is 3.35. The molecule has 138 valence electrons. The number of anilines is 1. The average molecular weight is 372 g/mol. The third-order valence-electron chi connectivity index (χ3n) is 4.85. The van der Waals surface area contributed by atoms with Crippen LogP contribution in [0.3, 0.4) is 0 Å². The lowest BCUT2D eigenvalue weighted by Crippen LogP contribution is -2.44. The van der Waals surface area contributed by atoms with E-state index in [1.165, 1.54) is 5.56 Å². The van der Waals surface area contributed by atoms with Gasteiger partial charge in [-0.3, -0.25) is 9.00 Å². The molecule has 1 amide bonds. The van der Waals surface area contributed by atoms with Gasteiger partial charge in [0, 0.05) is 28.3 Å². The summed E-state index contributed by atoms with van der Waals surface area (Å²) < 4.78 is 17.6. The molecule has 0 aromatic heterocycles. The maximum absolute atomic E-state index is 12.8. The number of benzene rings is 2. The Morgan fingerprint density at radius 2 is 1.92 bits per heavy atom. The van der Waals surface area contributed by atoms with Crippen LogP contribution in [0.15, 0.2) is 48.5 Å². The highest BCUT2D eigenvalue weighted by atomic mass is 32.2. The van der Waals surface area contributed by atoms with Gasteiger partial charge in [-0.05, 0) is 55.5 Å². The van der Waals surface area contributed by atoms with Gasteiger partial charge in [-0.1, -0.05) is 30.3 Å². The molecule has 1 heterocycles. The van der Waals surface area contributed by atoms with Crippen LogP contribution >= 0.6 is 0 Å². The molecule has 0 bridgehead atoms. The van der Waals surface area contributed by atoms with Crippen molar-refractivity contribution in [2.75, 3.05) is 23.5 Å². The fourth-order valence-electron chi connectivity index (χ4n) is 3.37. The smallest absolute Gasteiger partial charge is 0.239 e. The van der Waals surface area contributed by atoms with Gasteiger partial charge in [-0.15, -0.1) is 0 Å². The van der Waals surface area contributed by atoms with E-state index in [4.69, 9.17) is 4.74 Å². The summed E-state index contributed by atoms with van der Waals surface area (Å²) in [4.78, 5) is 14.6. The van der Waals surface area contributed by atoms with Crippen molar-refractivity contribution in [2.45, 2.75) is 32.2 Å². The topological polar surface area (TPSA) is 46.6 Å². The zero-order valence-electron chi connectivity index (χ0n) is 15.3. The van der Waals surface area contributed by atoms with E-state index in [0.717, 1.165) is 29.8 Å². The number of hydrogen-bond acceptors (Lipinski definition) is 3. The first-order chi connectivity index (χ1) is 12.6. The van der Waals surface area contributed by atoms with Crippen LogP contribution in [0, 0.1) is 0 Å². The van der Waals surface area contributed by atoms with Crippen LogP contribution in [0.1, 0.15) is 24.5 Å². The Morgan fingerprint density at radius 3 is 2.65 bits per heavy atom. The molecule has 0 fully saturated rings. The zero-order chi connectivity index (χ0) is 18.5. The molecule has 0 unspecified atom stereocenters. The van der Waals surface area contributed by atoms with Crippen molar-refractivity contribution < 1.29 is 13.7 Å². The van der Waals surface area contributed by atoms with Crippen LogP contribution < -0.4 is 9.64 Å². The molecule has 5 heteroatoms. The first-order valence-corrected chi connectivity index (χ1v) is 10.4. The van der Waals surface area contributed by atoms with Crippen LogP contribution in [-0.2, 0) is 28.4 Å². The quantitative estimate of drug-likeness (QED) is 0.782. The first kappa shape index (κ1) is 18.6. The van der Waals surface area contributed by atoms with Gasteiger partial charge in [0.15, 0.2) is 0 Å². The van der Waals surface area contributed by atoms with Crippen LogP contribution in [-0.4, -0.2) is 34.8 Å². The van der Waals surface area contributed by atoms with Crippen molar-refractivity contribution in [3.63, 3.8) is 0 Å². The number of rotatable bonds is 6. The van der Waals surface area contributed by atoms with E-state index in [1.807, 2.05) is 47.4 Å². The second kappa shape index (κ2) is 8.49. The van der Waals surface area contributed by atoms with Crippen LogP contribution in [0.4, 0.5) is 5.69 Å². The van der Waals surface area contributed by atoms with Gasteiger partial charge in [0.25, 0.3) is 0 Å². The van der Waals surface area contributed by atoms with Crippen molar-refractivity contribution in [1.29, 1.82) is 0 Å². The van der Waals surface area contributed by atoms with Crippen LogP contribution in [0.5, 0.6) is 5.75 Å². The zero-order valence-corrected chi connectivity index (χ0v) is 16.1. The highest BCUT2D eigenvalue weighted by molar-refractivity contribution is 7.85. The normalized spacial score (nSPS) is 17.5. The van der Waals surface area contributed by atoms with E-state index in [9.17, 15) is 9.00 Å². The number of amides is 1. The molecule has 4 nitrogen and oxygen atoms in total. The lowest BCUT2D eigenvalue weighted by molar-refractivity contribution is -0.116. The maximum atomic E-state index is 12.8.